The van der Waals surface area contributed by atoms with E-state index in [-0.39, 0.29) is 5.88 Å². The zero-order chi connectivity index (χ0) is 18.9. The summed E-state index contributed by atoms with van der Waals surface area (Å²) in [6.07, 6.45) is 2.89. The molecule has 3 heterocycles. The van der Waals surface area contributed by atoms with Gasteiger partial charge in [0.15, 0.2) is 11.7 Å². The number of ether oxygens (including phenoxy) is 2. The molecule has 0 radical (unpaired) electrons. The van der Waals surface area contributed by atoms with Crippen molar-refractivity contribution in [2.24, 2.45) is 0 Å². The van der Waals surface area contributed by atoms with Crippen molar-refractivity contribution < 1.29 is 19.0 Å². The first kappa shape index (κ1) is 18.1. The molecule has 2 aromatic heterocycles. The van der Waals surface area contributed by atoms with Crippen LogP contribution in [0.5, 0.6) is 5.88 Å². The van der Waals surface area contributed by atoms with Gasteiger partial charge in [-0.25, -0.2) is 0 Å². The average molecular weight is 393 g/mol. The highest BCUT2D eigenvalue weighted by molar-refractivity contribution is 6.31. The summed E-state index contributed by atoms with van der Waals surface area (Å²) < 4.78 is 19.1. The number of halogens is 1. The normalized spacial score (nSPS) is 16.2. The minimum Gasteiger partial charge on any atom is -0.494 e. The molecule has 3 aromatic rings. The second-order valence-electron chi connectivity index (χ2n) is 6.45. The molecule has 0 saturated carbocycles. The first-order chi connectivity index (χ1) is 13.1. The van der Waals surface area contributed by atoms with Gasteiger partial charge >= 0.3 is 6.01 Å². The summed E-state index contributed by atoms with van der Waals surface area (Å²) in [7, 11) is 0. The first-order valence-corrected chi connectivity index (χ1v) is 9.28. The fourth-order valence-electron chi connectivity index (χ4n) is 3.28. The number of nitrogens with one attached hydrogen (secondary N) is 1. The number of hydrogen-bond acceptors (Lipinski definition) is 7. The van der Waals surface area contributed by atoms with Crippen LogP contribution in [0, 0.1) is 0 Å². The van der Waals surface area contributed by atoms with Crippen LogP contribution < -0.4 is 5.32 Å². The van der Waals surface area contributed by atoms with Crippen molar-refractivity contribution in [2.75, 3.05) is 25.1 Å². The fraction of sp³-hybridized carbons (Fsp3) is 0.444. The number of benzene rings is 1. The molecule has 0 aliphatic carbocycles. The lowest BCUT2D eigenvalue weighted by Crippen LogP contribution is -2.36. The van der Waals surface area contributed by atoms with Crippen LogP contribution in [0.3, 0.4) is 0 Å². The number of hydrogen-bond donors (Lipinski definition) is 2. The van der Waals surface area contributed by atoms with Gasteiger partial charge in [0.05, 0.1) is 19.8 Å². The Bertz CT molecular complexity index is 933. The Morgan fingerprint density at radius 2 is 2.11 bits per heavy atom. The molecule has 2 N–H and O–H groups in total. The number of aromatic hydroxyl groups is 1. The minimum absolute atomic E-state index is 0.137. The van der Waals surface area contributed by atoms with Crippen LogP contribution in [0.1, 0.15) is 19.2 Å². The second-order valence-corrected chi connectivity index (χ2v) is 6.89. The van der Waals surface area contributed by atoms with Gasteiger partial charge in [0, 0.05) is 41.4 Å². The predicted molar refractivity (Wildman–Crippen MR) is 100 cm³/mol. The van der Waals surface area contributed by atoms with Crippen LogP contribution in [-0.4, -0.2) is 45.4 Å². The highest BCUT2D eigenvalue weighted by atomic mass is 35.5. The summed E-state index contributed by atoms with van der Waals surface area (Å²) in [5.74, 6) is -0.209. The van der Waals surface area contributed by atoms with Crippen LogP contribution >= 0.6 is 11.6 Å². The van der Waals surface area contributed by atoms with Crippen LogP contribution in [-0.2, 0) is 22.4 Å². The van der Waals surface area contributed by atoms with Gasteiger partial charge in [-0.3, -0.25) is 0 Å². The van der Waals surface area contributed by atoms with Crippen LogP contribution in [0.2, 0.25) is 5.02 Å². The van der Waals surface area contributed by atoms with E-state index in [0.29, 0.717) is 61.5 Å². The van der Waals surface area contributed by atoms with E-state index in [9.17, 15) is 5.11 Å². The summed E-state index contributed by atoms with van der Waals surface area (Å²) >= 11 is 6.04. The van der Waals surface area contributed by atoms with Crippen molar-refractivity contribution in [2.45, 2.75) is 32.1 Å². The minimum atomic E-state index is -0.858. The number of aromatic nitrogens is 3. The molecule has 8 nitrogen and oxygen atoms in total. The van der Waals surface area contributed by atoms with E-state index in [1.54, 1.807) is 16.7 Å². The topological polar surface area (TPSA) is 94.6 Å². The molecule has 0 unspecified atom stereocenters. The maximum Gasteiger partial charge on any atom is 0.315 e. The third-order valence-electron chi connectivity index (χ3n) is 4.56. The maximum atomic E-state index is 10.6. The molecule has 0 bridgehead atoms. The van der Waals surface area contributed by atoms with Gasteiger partial charge in [0.2, 0.25) is 5.89 Å². The van der Waals surface area contributed by atoms with Crippen LogP contribution in [0.25, 0.3) is 10.8 Å². The second kappa shape index (κ2) is 7.38. The molecule has 9 heteroatoms. The average Bonchev–Trinajstić information content (AvgIpc) is 3.36. The quantitative estimate of drug-likeness (QED) is 0.637. The molecule has 1 aliphatic heterocycles. The number of nitrogens with zero attached hydrogens (tertiary/aromatic N) is 3. The Balaban J connectivity index is 1.52. The number of rotatable bonds is 7. The van der Waals surface area contributed by atoms with E-state index in [1.807, 2.05) is 19.2 Å². The van der Waals surface area contributed by atoms with E-state index in [0.717, 1.165) is 5.39 Å². The van der Waals surface area contributed by atoms with Crippen molar-refractivity contribution in [3.05, 3.63) is 35.3 Å². The Morgan fingerprint density at radius 3 is 2.89 bits per heavy atom. The number of aryl methyl sites for hydroxylation is 1. The summed E-state index contributed by atoms with van der Waals surface area (Å²) in [5.41, 5.74) is 0. The van der Waals surface area contributed by atoms with Gasteiger partial charge in [-0.1, -0.05) is 22.8 Å². The Labute approximate surface area is 161 Å². The van der Waals surface area contributed by atoms with Crippen molar-refractivity contribution in [3.8, 4) is 5.88 Å². The highest BCUT2D eigenvalue weighted by Crippen LogP contribution is 2.34. The van der Waals surface area contributed by atoms with Gasteiger partial charge in [0.25, 0.3) is 0 Å². The molecule has 0 amide bonds. The van der Waals surface area contributed by atoms with Gasteiger partial charge in [-0.05, 0) is 19.1 Å². The molecular formula is C18H21ClN4O4. The molecule has 4 rings (SSSR count). The van der Waals surface area contributed by atoms with Crippen molar-refractivity contribution in [1.82, 2.24) is 14.8 Å². The predicted octanol–water partition coefficient (Wildman–Crippen LogP) is 3.19. The standard InChI is InChI=1S/C18H21ClN4O4/c1-2-20-17-22-21-15(27-17)5-6-18(25-7-8-26-18)11-23-10-12-3-4-13(19)9-14(12)16(23)24/h3-4,9-10,24H,2,5-8,11H2,1H3,(H,20,22). The number of fused-ring (bicyclic) bond motifs is 1. The molecule has 1 aromatic carbocycles. The first-order valence-electron chi connectivity index (χ1n) is 8.90. The van der Waals surface area contributed by atoms with E-state index in [1.165, 1.54) is 0 Å². The zero-order valence-corrected chi connectivity index (χ0v) is 15.7. The lowest BCUT2D eigenvalue weighted by molar-refractivity contribution is -0.172. The third kappa shape index (κ3) is 3.73. The smallest absolute Gasteiger partial charge is 0.315 e. The van der Waals surface area contributed by atoms with Crippen LogP contribution in [0.15, 0.2) is 28.8 Å². The molecule has 144 valence electrons. The van der Waals surface area contributed by atoms with Crippen molar-refractivity contribution in [1.29, 1.82) is 0 Å². The number of anilines is 1. The largest absolute Gasteiger partial charge is 0.494 e. The van der Waals surface area contributed by atoms with Crippen molar-refractivity contribution >= 4 is 28.4 Å². The molecule has 0 atom stereocenters. The van der Waals surface area contributed by atoms with Gasteiger partial charge in [-0.2, -0.15) is 0 Å². The van der Waals surface area contributed by atoms with E-state index in [2.05, 4.69) is 15.5 Å². The monoisotopic (exact) mass is 392 g/mol. The Hall–Kier alpha value is -2.29. The lowest BCUT2D eigenvalue weighted by Gasteiger charge is -2.27. The van der Waals surface area contributed by atoms with Crippen LogP contribution in [0.4, 0.5) is 6.01 Å². The third-order valence-corrected chi connectivity index (χ3v) is 4.80. The fourth-order valence-corrected chi connectivity index (χ4v) is 3.46. The molecular weight excluding hydrogens is 372 g/mol. The van der Waals surface area contributed by atoms with Gasteiger partial charge in [0.1, 0.15) is 0 Å². The molecule has 1 saturated heterocycles. The Kier molecular flexibility index (Phi) is 4.94. The lowest BCUT2D eigenvalue weighted by atomic mass is 10.1. The summed E-state index contributed by atoms with van der Waals surface area (Å²) in [5, 5.41) is 23.7. The van der Waals surface area contributed by atoms with E-state index in [4.69, 9.17) is 25.5 Å². The Morgan fingerprint density at radius 1 is 1.30 bits per heavy atom. The molecule has 1 fully saturated rings. The summed E-state index contributed by atoms with van der Waals surface area (Å²) in [4.78, 5) is 0. The van der Waals surface area contributed by atoms with Crippen molar-refractivity contribution in [3.63, 3.8) is 0 Å². The SMILES string of the molecule is CCNc1nnc(CCC2(Cn3cc4ccc(Cl)cc4c3O)OCCO2)o1. The highest BCUT2D eigenvalue weighted by Gasteiger charge is 2.38. The zero-order valence-electron chi connectivity index (χ0n) is 14.9. The van der Waals surface area contributed by atoms with Gasteiger partial charge < -0.3 is 28.9 Å². The molecule has 27 heavy (non-hydrogen) atoms. The van der Waals surface area contributed by atoms with E-state index < -0.39 is 5.79 Å². The van der Waals surface area contributed by atoms with E-state index >= 15 is 0 Å². The van der Waals surface area contributed by atoms with Gasteiger partial charge in [-0.15, -0.1) is 5.10 Å². The molecule has 1 aliphatic rings. The summed E-state index contributed by atoms with van der Waals surface area (Å²) in [6, 6.07) is 5.81. The molecule has 0 spiro atoms. The maximum absolute atomic E-state index is 10.6. The summed E-state index contributed by atoms with van der Waals surface area (Å²) in [6.45, 7) is 4.01.